The van der Waals surface area contributed by atoms with E-state index in [0.717, 1.165) is 78.0 Å². The van der Waals surface area contributed by atoms with E-state index in [1.165, 1.54) is 0 Å². The molecule has 0 saturated carbocycles. The van der Waals surface area contributed by atoms with Crippen LogP contribution in [-0.2, 0) is 9.53 Å². The van der Waals surface area contributed by atoms with Crippen LogP contribution in [0.2, 0.25) is 0 Å². The van der Waals surface area contributed by atoms with E-state index in [1.807, 2.05) is 9.80 Å². The highest BCUT2D eigenvalue weighted by Crippen LogP contribution is 2.22. The number of nitrogens with two attached hydrogens (primary N) is 1. The van der Waals surface area contributed by atoms with Crippen LogP contribution >= 0.6 is 0 Å². The number of cyclic esters (lactones) is 1. The summed E-state index contributed by atoms with van der Waals surface area (Å²) in [5, 5.41) is 16.3. The molecule has 0 aliphatic carbocycles. The summed E-state index contributed by atoms with van der Waals surface area (Å²) in [6, 6.07) is 0. The lowest BCUT2D eigenvalue weighted by Crippen LogP contribution is -2.49. The van der Waals surface area contributed by atoms with E-state index in [1.54, 1.807) is 0 Å². The molecule has 0 aromatic carbocycles. The molecule has 1 unspecified atom stereocenters. The Bertz CT molecular complexity index is 602. The van der Waals surface area contributed by atoms with Gasteiger partial charge < -0.3 is 30.3 Å². The lowest BCUT2D eigenvalue weighted by Gasteiger charge is -2.35. The Morgan fingerprint density at radius 2 is 1.77 bits per heavy atom. The Hall–Kier alpha value is -2.07. The molecule has 10 heteroatoms. The Balaban J connectivity index is 1.29. The van der Waals surface area contributed by atoms with Crippen LogP contribution in [0.3, 0.4) is 0 Å². The van der Waals surface area contributed by atoms with Crippen molar-refractivity contribution in [3.63, 3.8) is 0 Å². The summed E-state index contributed by atoms with van der Waals surface area (Å²) in [4.78, 5) is 31.1. The monoisotopic (exact) mass is 424 g/mol. The number of piperazine rings is 1. The molecule has 3 aliphatic heterocycles. The number of guanidine groups is 1. The predicted molar refractivity (Wildman–Crippen MR) is 112 cm³/mol. The number of carboxylic acid groups (broad SMARTS) is 1. The van der Waals surface area contributed by atoms with Crippen LogP contribution in [0.5, 0.6) is 0 Å². The van der Waals surface area contributed by atoms with Gasteiger partial charge in [-0.2, -0.15) is 0 Å². The van der Waals surface area contributed by atoms with Gasteiger partial charge in [-0.15, -0.1) is 0 Å². The van der Waals surface area contributed by atoms with Crippen LogP contribution < -0.4 is 5.73 Å². The largest absolute Gasteiger partial charge is 0.481 e. The molecule has 0 aromatic heterocycles. The Morgan fingerprint density at radius 1 is 1.10 bits per heavy atom. The van der Waals surface area contributed by atoms with Crippen LogP contribution in [0.4, 0.5) is 4.79 Å². The summed E-state index contributed by atoms with van der Waals surface area (Å²) in [5.41, 5.74) is 5.55. The molecule has 3 aliphatic rings. The quantitative estimate of drug-likeness (QED) is 0.356. The van der Waals surface area contributed by atoms with E-state index >= 15 is 0 Å². The summed E-state index contributed by atoms with van der Waals surface area (Å²) < 4.78 is 5.58. The molecule has 4 N–H and O–H groups in total. The number of amides is 1. The number of carbonyl (C=O) groups is 2. The first-order valence-corrected chi connectivity index (χ1v) is 11.1. The molecular weight excluding hydrogens is 388 g/mol. The molecule has 1 atom stereocenters. The molecular formula is C20H36N6O4. The van der Waals surface area contributed by atoms with Gasteiger partial charge in [0.05, 0.1) is 13.0 Å². The number of hydrogen-bond donors (Lipinski definition) is 3. The van der Waals surface area contributed by atoms with Crippen molar-refractivity contribution >= 4 is 18.0 Å². The van der Waals surface area contributed by atoms with Crippen molar-refractivity contribution in [2.24, 2.45) is 11.7 Å². The van der Waals surface area contributed by atoms with Gasteiger partial charge in [-0.3, -0.25) is 15.1 Å². The van der Waals surface area contributed by atoms with E-state index in [2.05, 4.69) is 9.80 Å². The van der Waals surface area contributed by atoms with Crippen molar-refractivity contribution in [3.05, 3.63) is 0 Å². The number of nitrogens with zero attached hydrogens (tertiary/aromatic N) is 4. The van der Waals surface area contributed by atoms with Crippen molar-refractivity contribution in [3.8, 4) is 0 Å². The van der Waals surface area contributed by atoms with E-state index in [9.17, 15) is 9.59 Å². The molecule has 170 valence electrons. The number of hydrogen-bond acceptors (Lipinski definition) is 6. The van der Waals surface area contributed by atoms with Crippen LogP contribution in [0.1, 0.15) is 32.1 Å². The van der Waals surface area contributed by atoms with Gasteiger partial charge in [0.15, 0.2) is 5.96 Å². The standard InChI is InChI=1S/C20H36N6O4/c21-19(22)25-8-3-16(4-9-25)2-1-6-26-15-17(30-20(26)29)14-24-12-10-23(11-13-24)7-5-18(27)28/h16-17H,1-15H2,(H3,21,22)(H,27,28). The molecule has 0 aromatic rings. The minimum absolute atomic E-state index is 0.0816. The van der Waals surface area contributed by atoms with Crippen molar-refractivity contribution < 1.29 is 19.4 Å². The van der Waals surface area contributed by atoms with Crippen molar-refractivity contribution in [1.29, 1.82) is 5.41 Å². The molecule has 3 fully saturated rings. The highest BCUT2D eigenvalue weighted by atomic mass is 16.6. The van der Waals surface area contributed by atoms with E-state index in [4.69, 9.17) is 21.0 Å². The van der Waals surface area contributed by atoms with Gasteiger partial charge >= 0.3 is 12.1 Å². The zero-order valence-corrected chi connectivity index (χ0v) is 17.8. The van der Waals surface area contributed by atoms with E-state index < -0.39 is 5.97 Å². The first-order valence-electron chi connectivity index (χ1n) is 11.1. The summed E-state index contributed by atoms with van der Waals surface area (Å²) in [7, 11) is 0. The number of carbonyl (C=O) groups excluding carboxylic acids is 1. The molecule has 10 nitrogen and oxygen atoms in total. The molecule has 30 heavy (non-hydrogen) atoms. The number of aliphatic carboxylic acids is 1. The van der Waals surface area contributed by atoms with E-state index in [0.29, 0.717) is 19.0 Å². The third-order valence-corrected chi connectivity index (χ3v) is 6.51. The van der Waals surface area contributed by atoms with Crippen molar-refractivity contribution in [1.82, 2.24) is 19.6 Å². The Kier molecular flexibility index (Phi) is 8.15. The van der Waals surface area contributed by atoms with Gasteiger partial charge in [-0.05, 0) is 31.6 Å². The zero-order valence-electron chi connectivity index (χ0n) is 17.8. The maximum atomic E-state index is 12.2. The topological polar surface area (TPSA) is 126 Å². The first kappa shape index (κ1) is 22.6. The molecule has 3 saturated heterocycles. The van der Waals surface area contributed by atoms with Crippen LogP contribution in [-0.4, -0.2) is 114 Å². The van der Waals surface area contributed by atoms with Gasteiger partial charge in [0.1, 0.15) is 6.10 Å². The van der Waals surface area contributed by atoms with Crippen LogP contribution in [0, 0.1) is 11.3 Å². The maximum Gasteiger partial charge on any atom is 0.410 e. The first-order chi connectivity index (χ1) is 14.4. The minimum atomic E-state index is -0.753. The second-order valence-electron chi connectivity index (χ2n) is 8.70. The van der Waals surface area contributed by atoms with E-state index in [-0.39, 0.29) is 24.6 Å². The second-order valence-corrected chi connectivity index (χ2v) is 8.70. The molecule has 0 radical (unpaired) electrons. The van der Waals surface area contributed by atoms with Gasteiger partial charge in [0.2, 0.25) is 0 Å². The van der Waals surface area contributed by atoms with Crippen LogP contribution in [0.15, 0.2) is 0 Å². The second kappa shape index (κ2) is 10.8. The fourth-order valence-corrected chi connectivity index (χ4v) is 4.62. The lowest BCUT2D eigenvalue weighted by atomic mass is 9.92. The van der Waals surface area contributed by atoms with Crippen molar-refractivity contribution in [2.75, 3.05) is 65.4 Å². The molecule has 3 heterocycles. The maximum absolute atomic E-state index is 12.2. The average Bonchev–Trinajstić information content (AvgIpc) is 3.06. The lowest BCUT2D eigenvalue weighted by molar-refractivity contribution is -0.137. The summed E-state index contributed by atoms with van der Waals surface area (Å²) in [6.45, 7) is 7.95. The SMILES string of the molecule is N=C(N)N1CCC(CCCN2CC(CN3CCN(CCC(=O)O)CC3)OC2=O)CC1. The number of piperidine rings is 1. The number of ether oxygens (including phenoxy) is 1. The number of rotatable bonds is 9. The van der Waals surface area contributed by atoms with Gasteiger partial charge in [-0.25, -0.2) is 4.79 Å². The summed E-state index contributed by atoms with van der Waals surface area (Å²) >= 11 is 0. The minimum Gasteiger partial charge on any atom is -0.481 e. The summed E-state index contributed by atoms with van der Waals surface area (Å²) in [5.74, 6) is 0.0605. The number of nitrogens with one attached hydrogen (secondary N) is 1. The molecule has 3 rings (SSSR count). The third-order valence-electron chi connectivity index (χ3n) is 6.51. The average molecular weight is 425 g/mol. The van der Waals surface area contributed by atoms with Crippen LogP contribution in [0.25, 0.3) is 0 Å². The van der Waals surface area contributed by atoms with Gasteiger partial charge in [0.25, 0.3) is 0 Å². The Morgan fingerprint density at radius 3 is 2.40 bits per heavy atom. The zero-order chi connectivity index (χ0) is 21.5. The molecule has 1 amide bonds. The number of likely N-dealkylation sites (tertiary alicyclic amines) is 1. The smallest absolute Gasteiger partial charge is 0.410 e. The highest BCUT2D eigenvalue weighted by Gasteiger charge is 2.33. The van der Waals surface area contributed by atoms with Gasteiger partial charge in [0, 0.05) is 58.9 Å². The fourth-order valence-electron chi connectivity index (χ4n) is 4.62. The third kappa shape index (κ3) is 6.73. The summed E-state index contributed by atoms with van der Waals surface area (Å²) in [6.07, 6.45) is 4.10. The normalized spacial score (nSPS) is 24.3. The number of carboxylic acids is 1. The molecule has 0 spiro atoms. The van der Waals surface area contributed by atoms with Crippen molar-refractivity contribution in [2.45, 2.75) is 38.2 Å². The predicted octanol–water partition coefficient (Wildman–Crippen LogP) is 0.285. The van der Waals surface area contributed by atoms with Gasteiger partial charge in [-0.1, -0.05) is 0 Å². The molecule has 0 bridgehead atoms. The highest BCUT2D eigenvalue weighted by molar-refractivity contribution is 5.74. The Labute approximate surface area is 178 Å². The fraction of sp³-hybridized carbons (Fsp3) is 0.850.